The van der Waals surface area contributed by atoms with Gasteiger partial charge in [-0.15, -0.1) is 0 Å². The van der Waals surface area contributed by atoms with Crippen LogP contribution in [0.15, 0.2) is 12.3 Å². The summed E-state index contributed by atoms with van der Waals surface area (Å²) in [6.07, 6.45) is 11.2. The number of nitrogens with zero attached hydrogens (tertiary/aromatic N) is 2. The highest BCUT2D eigenvalue weighted by Crippen LogP contribution is 2.45. The summed E-state index contributed by atoms with van der Waals surface area (Å²) in [5.74, 6) is 0. The molecule has 1 aliphatic carbocycles. The quantitative estimate of drug-likeness (QED) is 0.818. The standard InChI is InChI=1S/C16H29N3/c1-4-16(11-6-7-12-16)15(17-5-2)9-8-14-10-13-18-19(14)3/h10,13,15,17H,4-9,11-12H2,1-3H3. The van der Waals surface area contributed by atoms with E-state index in [-0.39, 0.29) is 0 Å². The third-order valence-electron chi connectivity index (χ3n) is 5.10. The Morgan fingerprint density at radius 2 is 2.11 bits per heavy atom. The van der Waals surface area contributed by atoms with Crippen molar-refractivity contribution in [3.8, 4) is 0 Å². The van der Waals surface area contributed by atoms with E-state index < -0.39 is 0 Å². The fourth-order valence-electron chi connectivity index (χ4n) is 3.84. The summed E-state index contributed by atoms with van der Waals surface area (Å²) in [6, 6.07) is 2.82. The predicted octanol–water partition coefficient (Wildman–Crippen LogP) is 3.30. The monoisotopic (exact) mass is 263 g/mol. The molecule has 0 amide bonds. The molecular formula is C16H29N3. The van der Waals surface area contributed by atoms with Crippen LogP contribution in [0.25, 0.3) is 0 Å². The third-order valence-corrected chi connectivity index (χ3v) is 5.10. The van der Waals surface area contributed by atoms with Gasteiger partial charge in [-0.1, -0.05) is 26.7 Å². The fraction of sp³-hybridized carbons (Fsp3) is 0.812. The normalized spacial score (nSPS) is 19.7. The van der Waals surface area contributed by atoms with Crippen LogP contribution in [0, 0.1) is 5.41 Å². The van der Waals surface area contributed by atoms with Crippen LogP contribution in [-0.2, 0) is 13.5 Å². The summed E-state index contributed by atoms with van der Waals surface area (Å²) >= 11 is 0. The maximum Gasteiger partial charge on any atom is 0.0492 e. The van der Waals surface area contributed by atoms with E-state index in [4.69, 9.17) is 0 Å². The van der Waals surface area contributed by atoms with Crippen molar-refractivity contribution in [3.05, 3.63) is 18.0 Å². The number of aromatic nitrogens is 2. The van der Waals surface area contributed by atoms with E-state index in [9.17, 15) is 0 Å². The molecule has 0 bridgehead atoms. The minimum atomic E-state index is 0.550. The van der Waals surface area contributed by atoms with E-state index in [1.165, 1.54) is 44.2 Å². The maximum absolute atomic E-state index is 4.27. The van der Waals surface area contributed by atoms with E-state index >= 15 is 0 Å². The Kier molecular flexibility index (Phi) is 5.03. The Bertz CT molecular complexity index is 377. The first-order valence-electron chi connectivity index (χ1n) is 7.92. The fourth-order valence-corrected chi connectivity index (χ4v) is 3.84. The third kappa shape index (κ3) is 3.19. The van der Waals surface area contributed by atoms with Crippen molar-refractivity contribution < 1.29 is 0 Å². The van der Waals surface area contributed by atoms with Gasteiger partial charge >= 0.3 is 0 Å². The van der Waals surface area contributed by atoms with Gasteiger partial charge in [0.15, 0.2) is 0 Å². The molecule has 1 atom stereocenters. The summed E-state index contributed by atoms with van der Waals surface area (Å²) in [4.78, 5) is 0. The average molecular weight is 263 g/mol. The molecule has 1 unspecified atom stereocenters. The molecule has 0 aliphatic heterocycles. The van der Waals surface area contributed by atoms with Gasteiger partial charge in [0.25, 0.3) is 0 Å². The lowest BCUT2D eigenvalue weighted by Crippen LogP contribution is -2.44. The maximum atomic E-state index is 4.27. The Hall–Kier alpha value is -0.830. The molecule has 108 valence electrons. The zero-order valence-electron chi connectivity index (χ0n) is 12.8. The molecule has 1 fully saturated rings. The van der Waals surface area contributed by atoms with E-state index in [0.29, 0.717) is 11.5 Å². The zero-order chi connectivity index (χ0) is 13.7. The molecule has 0 saturated heterocycles. The summed E-state index contributed by atoms with van der Waals surface area (Å²) in [6.45, 7) is 5.69. The van der Waals surface area contributed by atoms with Gasteiger partial charge in [0, 0.05) is 25.0 Å². The van der Waals surface area contributed by atoms with Crippen LogP contribution in [0.2, 0.25) is 0 Å². The van der Waals surface area contributed by atoms with Crippen LogP contribution >= 0.6 is 0 Å². The lowest BCUT2D eigenvalue weighted by atomic mass is 9.74. The minimum Gasteiger partial charge on any atom is -0.314 e. The summed E-state index contributed by atoms with van der Waals surface area (Å²) in [5.41, 5.74) is 1.90. The highest BCUT2D eigenvalue weighted by atomic mass is 15.2. The van der Waals surface area contributed by atoms with Crippen LogP contribution in [0.4, 0.5) is 0 Å². The van der Waals surface area contributed by atoms with Crippen LogP contribution in [0.3, 0.4) is 0 Å². The molecule has 1 N–H and O–H groups in total. The van der Waals surface area contributed by atoms with Gasteiger partial charge < -0.3 is 5.32 Å². The SMILES string of the molecule is CCNC(CCc1ccnn1C)C1(CC)CCCC1. The molecular weight excluding hydrogens is 234 g/mol. The van der Waals surface area contributed by atoms with Gasteiger partial charge in [-0.05, 0) is 50.1 Å². The highest BCUT2D eigenvalue weighted by molar-refractivity contribution is 5.02. The second-order valence-corrected chi connectivity index (χ2v) is 6.02. The summed E-state index contributed by atoms with van der Waals surface area (Å²) < 4.78 is 2.01. The largest absolute Gasteiger partial charge is 0.314 e. The van der Waals surface area contributed by atoms with Crippen LogP contribution < -0.4 is 5.32 Å². The van der Waals surface area contributed by atoms with Crippen LogP contribution in [-0.4, -0.2) is 22.4 Å². The molecule has 1 aromatic heterocycles. The minimum absolute atomic E-state index is 0.550. The molecule has 2 rings (SSSR count). The Labute approximate surface area is 117 Å². The van der Waals surface area contributed by atoms with Gasteiger partial charge in [-0.2, -0.15) is 5.10 Å². The topological polar surface area (TPSA) is 29.9 Å². The molecule has 1 aliphatic rings. The van der Waals surface area contributed by atoms with Crippen molar-refractivity contribution in [3.63, 3.8) is 0 Å². The second-order valence-electron chi connectivity index (χ2n) is 6.02. The molecule has 1 heterocycles. The molecule has 0 spiro atoms. The van der Waals surface area contributed by atoms with Gasteiger partial charge in [-0.3, -0.25) is 4.68 Å². The van der Waals surface area contributed by atoms with Crippen LogP contribution in [0.1, 0.15) is 58.1 Å². The van der Waals surface area contributed by atoms with Crippen LogP contribution in [0.5, 0.6) is 0 Å². The number of nitrogens with one attached hydrogen (secondary N) is 1. The number of hydrogen-bond acceptors (Lipinski definition) is 2. The predicted molar refractivity (Wildman–Crippen MR) is 80.2 cm³/mol. The second kappa shape index (κ2) is 6.56. The number of hydrogen-bond donors (Lipinski definition) is 1. The van der Waals surface area contributed by atoms with Gasteiger partial charge in [0.2, 0.25) is 0 Å². The summed E-state index contributed by atoms with van der Waals surface area (Å²) in [7, 11) is 2.04. The Morgan fingerprint density at radius 3 is 2.63 bits per heavy atom. The van der Waals surface area contributed by atoms with Crippen molar-refractivity contribution in [1.29, 1.82) is 0 Å². The lowest BCUT2D eigenvalue weighted by Gasteiger charge is -2.37. The molecule has 1 saturated carbocycles. The first-order valence-corrected chi connectivity index (χ1v) is 7.92. The van der Waals surface area contributed by atoms with Gasteiger partial charge in [-0.25, -0.2) is 0 Å². The summed E-state index contributed by atoms with van der Waals surface area (Å²) in [5, 5.41) is 8.04. The van der Waals surface area contributed by atoms with Crippen molar-refractivity contribution in [1.82, 2.24) is 15.1 Å². The molecule has 3 nitrogen and oxygen atoms in total. The number of rotatable bonds is 7. The van der Waals surface area contributed by atoms with Crippen molar-refractivity contribution in [2.75, 3.05) is 6.54 Å². The smallest absolute Gasteiger partial charge is 0.0492 e. The van der Waals surface area contributed by atoms with Crippen molar-refractivity contribution in [2.45, 2.75) is 64.8 Å². The highest BCUT2D eigenvalue weighted by Gasteiger charge is 2.38. The molecule has 1 aromatic rings. The van der Waals surface area contributed by atoms with E-state index in [1.54, 1.807) is 0 Å². The molecule has 3 heteroatoms. The van der Waals surface area contributed by atoms with Gasteiger partial charge in [0.05, 0.1) is 0 Å². The Morgan fingerprint density at radius 1 is 1.37 bits per heavy atom. The zero-order valence-corrected chi connectivity index (χ0v) is 12.8. The van der Waals surface area contributed by atoms with Crippen molar-refractivity contribution >= 4 is 0 Å². The van der Waals surface area contributed by atoms with Crippen molar-refractivity contribution in [2.24, 2.45) is 12.5 Å². The Balaban J connectivity index is 2.01. The molecule has 0 radical (unpaired) electrons. The van der Waals surface area contributed by atoms with E-state index in [0.717, 1.165) is 13.0 Å². The molecule has 0 aromatic carbocycles. The molecule has 19 heavy (non-hydrogen) atoms. The number of aryl methyl sites for hydroxylation is 2. The first kappa shape index (κ1) is 14.6. The van der Waals surface area contributed by atoms with E-state index in [2.05, 4.69) is 30.3 Å². The lowest BCUT2D eigenvalue weighted by molar-refractivity contribution is 0.178. The average Bonchev–Trinajstić information content (AvgIpc) is 3.04. The van der Waals surface area contributed by atoms with E-state index in [1.807, 2.05) is 17.9 Å². The van der Waals surface area contributed by atoms with Gasteiger partial charge in [0.1, 0.15) is 0 Å². The first-order chi connectivity index (χ1) is 9.22.